The summed E-state index contributed by atoms with van der Waals surface area (Å²) in [6.45, 7) is 4.17. The monoisotopic (exact) mass is 356 g/mol. The Balaban J connectivity index is 1.82. The third kappa shape index (κ3) is 3.77. The van der Waals surface area contributed by atoms with Crippen molar-refractivity contribution in [2.24, 2.45) is 7.05 Å². The molecule has 2 amide bonds. The first-order valence-corrected chi connectivity index (χ1v) is 8.70. The van der Waals surface area contributed by atoms with Gasteiger partial charge >= 0.3 is 0 Å². The largest absolute Gasteiger partial charge is 0.356 e. The lowest BCUT2D eigenvalue weighted by atomic mass is 9.95. The van der Waals surface area contributed by atoms with Crippen LogP contribution in [0.15, 0.2) is 42.7 Å². The highest BCUT2D eigenvalue weighted by Gasteiger charge is 2.42. The van der Waals surface area contributed by atoms with Crippen LogP contribution < -0.4 is 5.32 Å². The van der Waals surface area contributed by atoms with Gasteiger partial charge in [0.2, 0.25) is 5.91 Å². The van der Waals surface area contributed by atoms with E-state index in [-0.39, 0.29) is 24.5 Å². The van der Waals surface area contributed by atoms with Gasteiger partial charge in [0.15, 0.2) is 6.10 Å². The van der Waals surface area contributed by atoms with Crippen molar-refractivity contribution >= 4 is 11.8 Å². The fourth-order valence-electron chi connectivity index (χ4n) is 3.29. The molecule has 0 spiro atoms. The molecule has 1 aliphatic heterocycles. The number of hydrogen-bond acceptors (Lipinski definition) is 4. The third-order valence-corrected chi connectivity index (χ3v) is 4.44. The van der Waals surface area contributed by atoms with Crippen molar-refractivity contribution in [1.82, 2.24) is 20.0 Å². The molecule has 26 heavy (non-hydrogen) atoms. The second-order valence-electron chi connectivity index (χ2n) is 6.72. The maximum absolute atomic E-state index is 12.8. The molecule has 1 fully saturated rings. The first-order valence-electron chi connectivity index (χ1n) is 8.70. The summed E-state index contributed by atoms with van der Waals surface area (Å²) in [4.78, 5) is 27.0. The fourth-order valence-corrected chi connectivity index (χ4v) is 3.29. The van der Waals surface area contributed by atoms with Crippen LogP contribution in [0.1, 0.15) is 31.0 Å². The molecule has 2 heterocycles. The van der Waals surface area contributed by atoms with Crippen LogP contribution >= 0.6 is 0 Å². The van der Waals surface area contributed by atoms with Crippen LogP contribution in [-0.4, -0.2) is 45.2 Å². The maximum atomic E-state index is 12.8. The average molecular weight is 356 g/mol. The van der Waals surface area contributed by atoms with Crippen molar-refractivity contribution < 1.29 is 14.3 Å². The van der Waals surface area contributed by atoms with Gasteiger partial charge in [-0.25, -0.2) is 0 Å². The van der Waals surface area contributed by atoms with Gasteiger partial charge in [0.05, 0.1) is 12.2 Å². The van der Waals surface area contributed by atoms with Gasteiger partial charge in [-0.2, -0.15) is 5.10 Å². The number of ether oxygens (including phenoxy) is 1. The summed E-state index contributed by atoms with van der Waals surface area (Å²) in [5.41, 5.74) is 1.79. The van der Waals surface area contributed by atoms with Crippen molar-refractivity contribution in [2.75, 3.05) is 6.61 Å². The quantitative estimate of drug-likeness (QED) is 0.879. The number of carbonyl (C=O) groups is 2. The molecular weight excluding hydrogens is 332 g/mol. The molecule has 1 saturated heterocycles. The second kappa shape index (κ2) is 7.70. The molecule has 7 nitrogen and oxygen atoms in total. The first-order chi connectivity index (χ1) is 12.5. The van der Waals surface area contributed by atoms with Gasteiger partial charge in [-0.3, -0.25) is 14.3 Å². The van der Waals surface area contributed by atoms with Crippen molar-refractivity contribution in [3.63, 3.8) is 0 Å². The number of carbonyl (C=O) groups excluding carboxylic acids is 2. The molecule has 0 radical (unpaired) electrons. The van der Waals surface area contributed by atoms with Gasteiger partial charge in [-0.15, -0.1) is 0 Å². The van der Waals surface area contributed by atoms with E-state index < -0.39 is 12.1 Å². The molecule has 2 aromatic rings. The van der Waals surface area contributed by atoms with Crippen molar-refractivity contribution in [3.05, 3.63) is 53.9 Å². The number of nitrogens with one attached hydrogen (secondary N) is 1. The third-order valence-electron chi connectivity index (χ3n) is 4.44. The van der Waals surface area contributed by atoms with Crippen molar-refractivity contribution in [3.8, 4) is 0 Å². The zero-order chi connectivity index (χ0) is 18.7. The Morgan fingerprint density at radius 3 is 2.69 bits per heavy atom. The van der Waals surface area contributed by atoms with Crippen LogP contribution in [0.2, 0.25) is 0 Å². The van der Waals surface area contributed by atoms with E-state index in [0.29, 0.717) is 6.54 Å². The molecule has 138 valence electrons. The molecule has 0 saturated carbocycles. The Hall–Kier alpha value is -2.67. The highest BCUT2D eigenvalue weighted by Crippen LogP contribution is 2.32. The van der Waals surface area contributed by atoms with E-state index in [4.69, 9.17) is 4.74 Å². The van der Waals surface area contributed by atoms with Crippen LogP contribution in [0.3, 0.4) is 0 Å². The topological polar surface area (TPSA) is 76.5 Å². The lowest BCUT2D eigenvalue weighted by Crippen LogP contribution is -2.56. The van der Waals surface area contributed by atoms with E-state index in [1.54, 1.807) is 15.8 Å². The van der Waals surface area contributed by atoms with Crippen LogP contribution in [0, 0.1) is 0 Å². The van der Waals surface area contributed by atoms with Gasteiger partial charge in [-0.05, 0) is 19.4 Å². The van der Waals surface area contributed by atoms with Crippen LogP contribution in [-0.2, 0) is 27.9 Å². The van der Waals surface area contributed by atoms with Crippen LogP contribution in [0.25, 0.3) is 0 Å². The minimum Gasteiger partial charge on any atom is -0.356 e. The molecule has 0 aliphatic carbocycles. The summed E-state index contributed by atoms with van der Waals surface area (Å²) in [6.07, 6.45) is 2.80. The van der Waals surface area contributed by atoms with Gasteiger partial charge in [0.25, 0.3) is 5.91 Å². The normalized spacial score (nSPS) is 20.5. The first kappa shape index (κ1) is 18.1. The van der Waals surface area contributed by atoms with Gasteiger partial charge < -0.3 is 15.0 Å². The minimum atomic E-state index is -0.755. The zero-order valence-electron chi connectivity index (χ0n) is 15.3. The average Bonchev–Trinajstić information content (AvgIpc) is 3.05. The molecule has 0 unspecified atom stereocenters. The van der Waals surface area contributed by atoms with Gasteiger partial charge in [-0.1, -0.05) is 30.3 Å². The van der Waals surface area contributed by atoms with E-state index in [2.05, 4.69) is 10.4 Å². The highest BCUT2D eigenvalue weighted by molar-refractivity contribution is 5.86. The highest BCUT2D eigenvalue weighted by atomic mass is 16.5. The Labute approximate surface area is 152 Å². The molecule has 1 aromatic carbocycles. The Kier molecular flexibility index (Phi) is 5.37. The Morgan fingerprint density at radius 1 is 1.35 bits per heavy atom. The Morgan fingerprint density at radius 2 is 2.08 bits per heavy atom. The standard InChI is InChI=1S/C19H24N4O3/c1-13(2)23-16(24)12-26-18(17(23)15-7-5-4-6-8-15)19(25)20-9-14-10-21-22(3)11-14/h4-8,10-11,13,17-18H,9,12H2,1-3H3,(H,20,25)/t17-,18+/m1/s1. The summed E-state index contributed by atoms with van der Waals surface area (Å²) in [7, 11) is 1.83. The SMILES string of the molecule is CC(C)N1C(=O)CO[C@H](C(=O)NCc2cnn(C)c2)[C@H]1c1ccccc1. The smallest absolute Gasteiger partial charge is 0.251 e. The van der Waals surface area contributed by atoms with E-state index >= 15 is 0 Å². The molecule has 0 bridgehead atoms. The number of nitrogens with zero attached hydrogens (tertiary/aromatic N) is 3. The number of aryl methyl sites for hydroxylation is 1. The number of aromatic nitrogens is 2. The molecule has 1 aromatic heterocycles. The molecule has 1 N–H and O–H groups in total. The van der Waals surface area contributed by atoms with Crippen molar-refractivity contribution in [1.29, 1.82) is 0 Å². The number of rotatable bonds is 5. The van der Waals surface area contributed by atoms with E-state index in [1.807, 2.05) is 57.4 Å². The predicted octanol–water partition coefficient (Wildman–Crippen LogP) is 1.41. The second-order valence-corrected chi connectivity index (χ2v) is 6.72. The van der Waals surface area contributed by atoms with E-state index in [1.165, 1.54) is 0 Å². The van der Waals surface area contributed by atoms with Crippen LogP contribution in [0.4, 0.5) is 0 Å². The maximum Gasteiger partial charge on any atom is 0.251 e. The number of hydrogen-bond donors (Lipinski definition) is 1. The van der Waals surface area contributed by atoms with Crippen LogP contribution in [0.5, 0.6) is 0 Å². The van der Waals surface area contributed by atoms with Gasteiger partial charge in [0, 0.05) is 31.4 Å². The number of amides is 2. The van der Waals surface area contributed by atoms with E-state index in [9.17, 15) is 9.59 Å². The molecule has 7 heteroatoms. The summed E-state index contributed by atoms with van der Waals surface area (Å²) < 4.78 is 7.35. The lowest BCUT2D eigenvalue weighted by molar-refractivity contribution is -0.167. The number of benzene rings is 1. The van der Waals surface area contributed by atoms with Gasteiger partial charge in [0.1, 0.15) is 6.61 Å². The van der Waals surface area contributed by atoms with E-state index in [0.717, 1.165) is 11.1 Å². The summed E-state index contributed by atoms with van der Waals surface area (Å²) in [5.74, 6) is -0.342. The zero-order valence-corrected chi connectivity index (χ0v) is 15.3. The summed E-state index contributed by atoms with van der Waals surface area (Å²) >= 11 is 0. The summed E-state index contributed by atoms with van der Waals surface area (Å²) in [6, 6.07) is 9.06. The predicted molar refractivity (Wildman–Crippen MR) is 96.0 cm³/mol. The molecule has 1 aliphatic rings. The number of morpholine rings is 1. The molecule has 2 atom stereocenters. The molecule has 3 rings (SSSR count). The minimum absolute atomic E-state index is 0.0368. The lowest BCUT2D eigenvalue weighted by Gasteiger charge is -2.42. The molecular formula is C19H24N4O3. The fraction of sp³-hybridized carbons (Fsp3) is 0.421. The van der Waals surface area contributed by atoms with Crippen molar-refractivity contribution in [2.45, 2.75) is 38.6 Å². The summed E-state index contributed by atoms with van der Waals surface area (Å²) in [5, 5.41) is 7.00. The Bertz CT molecular complexity index is 772.